The van der Waals surface area contributed by atoms with Crippen molar-refractivity contribution in [1.82, 2.24) is 4.98 Å². The third kappa shape index (κ3) is 3.06. The van der Waals surface area contributed by atoms with Gasteiger partial charge in [-0.05, 0) is 68.7 Å². The van der Waals surface area contributed by atoms with Crippen molar-refractivity contribution in [3.8, 4) is 17.1 Å². The highest BCUT2D eigenvalue weighted by atomic mass is 16.5. The first-order valence-electron chi connectivity index (χ1n) is 13.0. The summed E-state index contributed by atoms with van der Waals surface area (Å²) in [6.07, 6.45) is 8.59. The van der Waals surface area contributed by atoms with Crippen molar-refractivity contribution in [3.05, 3.63) is 70.4 Å². The van der Waals surface area contributed by atoms with Crippen LogP contribution in [0.5, 0.6) is 5.75 Å². The molecular formula is C30H33NO6. The van der Waals surface area contributed by atoms with Gasteiger partial charge in [-0.3, -0.25) is 9.78 Å². The first kappa shape index (κ1) is 24.2. The SMILES string of the molecule is C=C(C)[C@@]1(O)CC[C@@]2(C)[C@H](CC=C(C)[C@@]23Cc2c(cc(-c4cccnc4)oc2=O)O3)[C@@]12CCC(=O)OC2. The van der Waals surface area contributed by atoms with Gasteiger partial charge < -0.3 is 19.0 Å². The smallest absolute Gasteiger partial charge is 0.343 e. The van der Waals surface area contributed by atoms with Crippen molar-refractivity contribution in [2.24, 2.45) is 16.7 Å². The first-order valence-corrected chi connectivity index (χ1v) is 13.0. The summed E-state index contributed by atoms with van der Waals surface area (Å²) in [5.74, 6) is 0.675. The zero-order valence-electron chi connectivity index (χ0n) is 21.6. The number of hydrogen-bond donors (Lipinski definition) is 1. The van der Waals surface area contributed by atoms with Gasteiger partial charge >= 0.3 is 11.6 Å². The molecule has 2 fully saturated rings. The highest BCUT2D eigenvalue weighted by Crippen LogP contribution is 2.69. The number of aliphatic hydroxyl groups is 1. The quantitative estimate of drug-likeness (QED) is 0.465. The van der Waals surface area contributed by atoms with E-state index in [9.17, 15) is 14.7 Å². The number of fused-ring (bicyclic) bond motifs is 4. The van der Waals surface area contributed by atoms with E-state index in [0.29, 0.717) is 53.9 Å². The zero-order valence-corrected chi connectivity index (χ0v) is 21.6. The van der Waals surface area contributed by atoms with Gasteiger partial charge in [0.2, 0.25) is 0 Å². The van der Waals surface area contributed by atoms with Gasteiger partial charge in [0.15, 0.2) is 0 Å². The lowest BCUT2D eigenvalue weighted by Gasteiger charge is -2.66. The summed E-state index contributed by atoms with van der Waals surface area (Å²) in [6.45, 7) is 10.5. The fourth-order valence-electron chi connectivity index (χ4n) is 7.97. The molecule has 4 aliphatic rings. The number of esters is 1. The fraction of sp³-hybridized carbons (Fsp3) is 0.500. The van der Waals surface area contributed by atoms with Crippen molar-refractivity contribution in [3.63, 3.8) is 0 Å². The first-order chi connectivity index (χ1) is 17.6. The summed E-state index contributed by atoms with van der Waals surface area (Å²) < 4.78 is 18.3. The number of carbonyl (C=O) groups is 1. The summed E-state index contributed by atoms with van der Waals surface area (Å²) in [7, 11) is 0. The predicted molar refractivity (Wildman–Crippen MR) is 137 cm³/mol. The third-order valence-electron chi connectivity index (χ3n) is 10.1. The number of rotatable bonds is 2. The molecule has 0 aromatic carbocycles. The second kappa shape index (κ2) is 7.90. The lowest BCUT2D eigenvalue weighted by atomic mass is 9.40. The molecule has 2 aromatic rings. The van der Waals surface area contributed by atoms with Crippen LogP contribution in [0.25, 0.3) is 11.3 Å². The van der Waals surface area contributed by atoms with Crippen LogP contribution in [0.3, 0.4) is 0 Å². The van der Waals surface area contributed by atoms with Crippen LogP contribution < -0.4 is 10.4 Å². The number of nitrogens with zero attached hydrogens (tertiary/aromatic N) is 1. The monoisotopic (exact) mass is 503 g/mol. The maximum Gasteiger partial charge on any atom is 0.343 e. The summed E-state index contributed by atoms with van der Waals surface area (Å²) in [5, 5.41) is 12.1. The second-order valence-corrected chi connectivity index (χ2v) is 11.6. The van der Waals surface area contributed by atoms with Gasteiger partial charge in [0.25, 0.3) is 0 Å². The third-order valence-corrected chi connectivity index (χ3v) is 10.1. The van der Waals surface area contributed by atoms with Gasteiger partial charge in [0.05, 0.1) is 11.2 Å². The fourth-order valence-corrected chi connectivity index (χ4v) is 7.97. The summed E-state index contributed by atoms with van der Waals surface area (Å²) >= 11 is 0. The van der Waals surface area contributed by atoms with Gasteiger partial charge in [-0.15, -0.1) is 0 Å². The topological polar surface area (TPSA) is 98.9 Å². The van der Waals surface area contributed by atoms with E-state index in [1.54, 1.807) is 24.5 Å². The van der Waals surface area contributed by atoms with Crippen molar-refractivity contribution in [2.45, 2.75) is 70.5 Å². The van der Waals surface area contributed by atoms with E-state index in [4.69, 9.17) is 13.9 Å². The van der Waals surface area contributed by atoms with E-state index in [1.165, 1.54) is 0 Å². The molecule has 6 rings (SSSR count). The molecule has 1 N–H and O–H groups in total. The molecule has 194 valence electrons. The lowest BCUT2D eigenvalue weighted by molar-refractivity contribution is -0.237. The average molecular weight is 504 g/mol. The minimum atomic E-state index is -1.16. The second-order valence-electron chi connectivity index (χ2n) is 11.6. The van der Waals surface area contributed by atoms with E-state index in [-0.39, 0.29) is 24.9 Å². The number of pyridine rings is 1. The van der Waals surface area contributed by atoms with Crippen LogP contribution in [0, 0.1) is 16.7 Å². The van der Waals surface area contributed by atoms with Crippen molar-refractivity contribution >= 4 is 5.97 Å². The Balaban J connectivity index is 1.47. The molecule has 1 saturated heterocycles. The molecule has 37 heavy (non-hydrogen) atoms. The van der Waals surface area contributed by atoms with E-state index in [2.05, 4.69) is 31.5 Å². The van der Waals surface area contributed by atoms with Crippen molar-refractivity contribution in [1.29, 1.82) is 0 Å². The number of cyclic esters (lactones) is 1. The van der Waals surface area contributed by atoms with Crippen LogP contribution in [-0.2, 0) is 16.0 Å². The zero-order chi connectivity index (χ0) is 26.2. The van der Waals surface area contributed by atoms with Gasteiger partial charge in [-0.25, -0.2) is 4.79 Å². The standard InChI is InChI=1S/C30H33NO6/c1-18(2)29(34)12-11-27(4)24(28(29)10-9-25(32)35-17-28)8-7-19(3)30(27)15-21-23(37-30)14-22(36-26(21)33)20-6-5-13-31-16-20/h5-7,13-14,16,24,34H,1,8-12,15,17H2,2-4H3/t24-,27-,28-,29-,30-/m0/s1. The van der Waals surface area contributed by atoms with Gasteiger partial charge in [-0.1, -0.05) is 19.6 Å². The Morgan fingerprint density at radius 2 is 2.05 bits per heavy atom. The Morgan fingerprint density at radius 1 is 1.24 bits per heavy atom. The molecule has 5 atom stereocenters. The van der Waals surface area contributed by atoms with Crippen molar-refractivity contribution in [2.75, 3.05) is 6.61 Å². The Hall–Kier alpha value is -3.19. The van der Waals surface area contributed by atoms with Gasteiger partial charge in [0, 0.05) is 47.7 Å². The molecule has 0 unspecified atom stereocenters. The predicted octanol–water partition coefficient (Wildman–Crippen LogP) is 4.77. The maximum atomic E-state index is 13.2. The van der Waals surface area contributed by atoms with Crippen molar-refractivity contribution < 1.29 is 23.8 Å². The molecule has 2 aliphatic carbocycles. The Kier molecular flexibility index (Phi) is 5.16. The minimum Gasteiger partial charge on any atom is -0.481 e. The Bertz CT molecular complexity index is 1380. The summed E-state index contributed by atoms with van der Waals surface area (Å²) in [5.41, 5.74) is -0.432. The van der Waals surface area contributed by atoms with Crippen LogP contribution in [0.2, 0.25) is 0 Å². The molecule has 2 spiro atoms. The molecule has 2 aromatic heterocycles. The average Bonchev–Trinajstić information content (AvgIpc) is 3.29. The number of ether oxygens (including phenoxy) is 2. The van der Waals surface area contributed by atoms with E-state index in [0.717, 1.165) is 12.0 Å². The molecule has 4 heterocycles. The maximum absolute atomic E-state index is 13.2. The Labute approximate surface area is 216 Å². The number of allylic oxidation sites excluding steroid dienone is 1. The van der Waals surface area contributed by atoms with Crippen LogP contribution >= 0.6 is 0 Å². The van der Waals surface area contributed by atoms with Crippen LogP contribution in [0.4, 0.5) is 0 Å². The van der Waals surface area contributed by atoms with Crippen LogP contribution in [0.15, 0.2) is 63.6 Å². The molecule has 7 nitrogen and oxygen atoms in total. The minimum absolute atomic E-state index is 0.0496. The van der Waals surface area contributed by atoms with Crippen LogP contribution in [0.1, 0.15) is 58.4 Å². The number of aromatic nitrogens is 1. The van der Waals surface area contributed by atoms with E-state index >= 15 is 0 Å². The number of carbonyl (C=O) groups excluding carboxylic acids is 1. The molecule has 2 aliphatic heterocycles. The molecule has 0 amide bonds. The summed E-state index contributed by atoms with van der Waals surface area (Å²) in [4.78, 5) is 29.5. The van der Waals surface area contributed by atoms with E-state index in [1.807, 2.05) is 13.0 Å². The highest BCUT2D eigenvalue weighted by Gasteiger charge is 2.71. The lowest BCUT2D eigenvalue weighted by Crippen LogP contribution is -2.70. The largest absolute Gasteiger partial charge is 0.481 e. The normalized spacial score (nSPS) is 36.4. The van der Waals surface area contributed by atoms with Crippen LogP contribution in [-0.4, -0.2) is 33.9 Å². The van der Waals surface area contributed by atoms with Gasteiger partial charge in [0.1, 0.15) is 23.7 Å². The van der Waals surface area contributed by atoms with Gasteiger partial charge in [-0.2, -0.15) is 0 Å². The Morgan fingerprint density at radius 3 is 2.73 bits per heavy atom. The highest BCUT2D eigenvalue weighted by molar-refractivity contribution is 5.70. The number of hydrogen-bond acceptors (Lipinski definition) is 7. The molecule has 0 radical (unpaired) electrons. The van der Waals surface area contributed by atoms with E-state index < -0.39 is 27.7 Å². The molecule has 1 saturated carbocycles. The molecule has 7 heteroatoms. The molecule has 0 bridgehead atoms. The molecular weight excluding hydrogens is 470 g/mol. The summed E-state index contributed by atoms with van der Waals surface area (Å²) in [6, 6.07) is 5.44.